The molecule has 2 aromatic heterocycles. The Morgan fingerprint density at radius 3 is 2.74 bits per heavy atom. The Bertz CT molecular complexity index is 738. The van der Waals surface area contributed by atoms with E-state index >= 15 is 0 Å². The minimum absolute atomic E-state index is 0.298. The lowest BCUT2D eigenvalue weighted by Crippen LogP contribution is -2.04. The van der Waals surface area contributed by atoms with E-state index in [1.807, 2.05) is 0 Å². The number of halogens is 2. The average molecular weight is 278 g/mol. The van der Waals surface area contributed by atoms with E-state index in [0.29, 0.717) is 28.0 Å². The highest BCUT2D eigenvalue weighted by molar-refractivity contribution is 6.33. The van der Waals surface area contributed by atoms with Crippen molar-refractivity contribution in [1.82, 2.24) is 19.6 Å². The fourth-order valence-corrected chi connectivity index (χ4v) is 1.88. The molecular formula is C12H9ClFN5. The number of fused-ring (bicyclic) bond motifs is 1. The van der Waals surface area contributed by atoms with Gasteiger partial charge in [0.2, 0.25) is 0 Å². The molecule has 96 valence electrons. The summed E-state index contributed by atoms with van der Waals surface area (Å²) in [5, 5.41) is 7.59. The first kappa shape index (κ1) is 11.9. The Labute approximate surface area is 113 Å². The van der Waals surface area contributed by atoms with Gasteiger partial charge in [0.05, 0.1) is 5.69 Å². The summed E-state index contributed by atoms with van der Waals surface area (Å²) < 4.78 is 14.4. The molecule has 0 atom stereocenters. The summed E-state index contributed by atoms with van der Waals surface area (Å²) in [7, 11) is 0. The molecular weight excluding hydrogens is 269 g/mol. The van der Waals surface area contributed by atoms with Crippen molar-refractivity contribution in [3.8, 4) is 0 Å². The Balaban J connectivity index is 2.11. The molecule has 0 radical (unpaired) electrons. The van der Waals surface area contributed by atoms with Crippen LogP contribution in [-0.4, -0.2) is 19.6 Å². The standard InChI is InChI=1S/C12H9ClFN5/c1-7-10(13)11(19-12(17-7)15-6-16-19)18-9-4-2-8(14)3-5-9/h2-6,18H,1H3. The van der Waals surface area contributed by atoms with Gasteiger partial charge in [-0.2, -0.15) is 14.6 Å². The number of benzene rings is 1. The number of hydrogen-bond donors (Lipinski definition) is 1. The fourth-order valence-electron chi connectivity index (χ4n) is 1.71. The van der Waals surface area contributed by atoms with Gasteiger partial charge in [0.1, 0.15) is 17.2 Å². The van der Waals surface area contributed by atoms with Gasteiger partial charge in [-0.25, -0.2) is 9.37 Å². The van der Waals surface area contributed by atoms with Gasteiger partial charge in [-0.1, -0.05) is 11.6 Å². The van der Waals surface area contributed by atoms with Crippen molar-refractivity contribution in [2.75, 3.05) is 5.32 Å². The van der Waals surface area contributed by atoms with Gasteiger partial charge in [-0.05, 0) is 31.2 Å². The van der Waals surface area contributed by atoms with Gasteiger partial charge in [0, 0.05) is 5.69 Å². The summed E-state index contributed by atoms with van der Waals surface area (Å²) in [6, 6.07) is 5.96. The largest absolute Gasteiger partial charge is 0.339 e. The van der Waals surface area contributed by atoms with Crippen LogP contribution in [0.3, 0.4) is 0 Å². The third-order valence-electron chi connectivity index (χ3n) is 2.64. The third-order valence-corrected chi connectivity index (χ3v) is 3.09. The van der Waals surface area contributed by atoms with Crippen molar-refractivity contribution >= 4 is 28.9 Å². The van der Waals surface area contributed by atoms with E-state index in [1.165, 1.54) is 23.0 Å². The summed E-state index contributed by atoms with van der Waals surface area (Å²) in [4.78, 5) is 8.23. The lowest BCUT2D eigenvalue weighted by atomic mass is 10.3. The van der Waals surface area contributed by atoms with Gasteiger partial charge in [0.25, 0.3) is 5.78 Å². The van der Waals surface area contributed by atoms with Crippen molar-refractivity contribution in [1.29, 1.82) is 0 Å². The van der Waals surface area contributed by atoms with Crippen LogP contribution in [0.4, 0.5) is 15.9 Å². The highest BCUT2D eigenvalue weighted by Crippen LogP contribution is 2.27. The first-order valence-corrected chi connectivity index (χ1v) is 5.91. The Morgan fingerprint density at radius 1 is 1.26 bits per heavy atom. The quantitative estimate of drug-likeness (QED) is 0.782. The smallest absolute Gasteiger partial charge is 0.254 e. The maximum absolute atomic E-state index is 12.9. The zero-order valence-corrected chi connectivity index (χ0v) is 10.7. The second kappa shape index (κ2) is 4.47. The maximum Gasteiger partial charge on any atom is 0.254 e. The molecule has 0 fully saturated rings. The predicted molar refractivity (Wildman–Crippen MR) is 70.2 cm³/mol. The van der Waals surface area contributed by atoms with Gasteiger partial charge < -0.3 is 5.32 Å². The Hall–Kier alpha value is -2.21. The average Bonchev–Trinajstić information content (AvgIpc) is 2.85. The topological polar surface area (TPSA) is 55.1 Å². The molecule has 1 aromatic carbocycles. The SMILES string of the molecule is Cc1nc2ncnn2c(Nc2ccc(F)cc2)c1Cl. The van der Waals surface area contributed by atoms with Crippen molar-refractivity contribution in [3.05, 3.63) is 47.1 Å². The van der Waals surface area contributed by atoms with Gasteiger partial charge in [-0.3, -0.25) is 0 Å². The van der Waals surface area contributed by atoms with Crippen molar-refractivity contribution in [2.45, 2.75) is 6.92 Å². The van der Waals surface area contributed by atoms with Crippen molar-refractivity contribution in [2.24, 2.45) is 0 Å². The molecule has 2 heterocycles. The summed E-state index contributed by atoms with van der Waals surface area (Å²) in [6.45, 7) is 1.78. The third kappa shape index (κ3) is 2.10. The molecule has 0 unspecified atom stereocenters. The van der Waals surface area contributed by atoms with Gasteiger partial charge in [0.15, 0.2) is 5.82 Å². The highest BCUT2D eigenvalue weighted by Gasteiger charge is 2.12. The van der Waals surface area contributed by atoms with Crippen LogP contribution in [0.15, 0.2) is 30.6 Å². The normalized spacial score (nSPS) is 10.9. The number of anilines is 2. The fraction of sp³-hybridized carbons (Fsp3) is 0.0833. The van der Waals surface area contributed by atoms with Crippen LogP contribution in [-0.2, 0) is 0 Å². The summed E-state index contributed by atoms with van der Waals surface area (Å²) in [5.41, 5.74) is 1.34. The molecule has 3 rings (SSSR count). The summed E-state index contributed by atoms with van der Waals surface area (Å²) in [6.07, 6.45) is 1.40. The number of nitrogens with zero attached hydrogens (tertiary/aromatic N) is 4. The van der Waals surface area contributed by atoms with E-state index in [4.69, 9.17) is 11.6 Å². The maximum atomic E-state index is 12.9. The molecule has 0 aliphatic heterocycles. The summed E-state index contributed by atoms with van der Waals surface area (Å²) >= 11 is 6.22. The molecule has 1 N–H and O–H groups in total. The number of rotatable bonds is 2. The number of hydrogen-bond acceptors (Lipinski definition) is 4. The molecule has 3 aromatic rings. The van der Waals surface area contributed by atoms with Crippen LogP contribution in [0, 0.1) is 12.7 Å². The second-order valence-electron chi connectivity index (χ2n) is 3.96. The molecule has 19 heavy (non-hydrogen) atoms. The van der Waals surface area contributed by atoms with E-state index in [-0.39, 0.29) is 5.82 Å². The minimum atomic E-state index is -0.298. The van der Waals surface area contributed by atoms with Crippen molar-refractivity contribution < 1.29 is 4.39 Å². The van der Waals surface area contributed by atoms with Gasteiger partial charge >= 0.3 is 0 Å². The van der Waals surface area contributed by atoms with Crippen LogP contribution in [0.1, 0.15) is 5.69 Å². The first-order valence-electron chi connectivity index (χ1n) is 5.53. The molecule has 0 bridgehead atoms. The molecule has 0 saturated carbocycles. The van der Waals surface area contributed by atoms with E-state index < -0.39 is 0 Å². The monoisotopic (exact) mass is 277 g/mol. The van der Waals surface area contributed by atoms with E-state index in [0.717, 1.165) is 0 Å². The molecule has 0 spiro atoms. The van der Waals surface area contributed by atoms with Crippen LogP contribution in [0.2, 0.25) is 5.02 Å². The van der Waals surface area contributed by atoms with E-state index in [9.17, 15) is 4.39 Å². The molecule has 0 aliphatic carbocycles. The zero-order chi connectivity index (χ0) is 13.4. The number of aromatic nitrogens is 4. The van der Waals surface area contributed by atoms with Crippen LogP contribution in [0.5, 0.6) is 0 Å². The van der Waals surface area contributed by atoms with Gasteiger partial charge in [-0.15, -0.1) is 0 Å². The number of aryl methyl sites for hydroxylation is 1. The summed E-state index contributed by atoms with van der Waals surface area (Å²) in [5.74, 6) is 0.702. The van der Waals surface area contributed by atoms with Crippen LogP contribution in [0.25, 0.3) is 5.78 Å². The molecule has 0 amide bonds. The van der Waals surface area contributed by atoms with Crippen LogP contribution < -0.4 is 5.32 Å². The molecule has 0 saturated heterocycles. The van der Waals surface area contributed by atoms with Crippen LogP contribution >= 0.6 is 11.6 Å². The second-order valence-corrected chi connectivity index (χ2v) is 4.34. The Kier molecular flexibility index (Phi) is 2.79. The first-order chi connectivity index (χ1) is 9.15. The number of nitrogens with one attached hydrogen (secondary N) is 1. The Morgan fingerprint density at radius 2 is 2.00 bits per heavy atom. The molecule has 7 heteroatoms. The molecule has 5 nitrogen and oxygen atoms in total. The minimum Gasteiger partial charge on any atom is -0.339 e. The lowest BCUT2D eigenvalue weighted by Gasteiger charge is -2.11. The highest BCUT2D eigenvalue weighted by atomic mass is 35.5. The lowest BCUT2D eigenvalue weighted by molar-refractivity contribution is 0.628. The van der Waals surface area contributed by atoms with E-state index in [2.05, 4.69) is 20.4 Å². The predicted octanol–water partition coefficient (Wildman–Crippen LogP) is 2.97. The zero-order valence-electron chi connectivity index (χ0n) is 9.93. The molecule has 0 aliphatic rings. The van der Waals surface area contributed by atoms with E-state index in [1.54, 1.807) is 19.1 Å². The van der Waals surface area contributed by atoms with Crippen molar-refractivity contribution in [3.63, 3.8) is 0 Å².